The van der Waals surface area contributed by atoms with Crippen molar-refractivity contribution >= 4 is 17.8 Å². The molecule has 154 valence electrons. The second kappa shape index (κ2) is 10.1. The lowest BCUT2D eigenvalue weighted by molar-refractivity contribution is -0.141. The molecule has 0 aliphatic carbocycles. The summed E-state index contributed by atoms with van der Waals surface area (Å²) >= 11 is 0. The van der Waals surface area contributed by atoms with Gasteiger partial charge in [0, 0.05) is 5.56 Å². The Morgan fingerprint density at radius 1 is 1.03 bits per heavy atom. The second-order valence-electron chi connectivity index (χ2n) is 6.34. The Kier molecular flexibility index (Phi) is 7.59. The maximum absolute atomic E-state index is 12.8. The minimum atomic E-state index is -0.627. The van der Waals surface area contributed by atoms with Crippen molar-refractivity contribution in [3.8, 4) is 11.5 Å². The van der Waals surface area contributed by atoms with Crippen LogP contribution >= 0.6 is 0 Å². The second-order valence-corrected chi connectivity index (χ2v) is 6.34. The molecule has 0 aliphatic heterocycles. The van der Waals surface area contributed by atoms with Gasteiger partial charge in [0.05, 0.1) is 26.7 Å². The summed E-state index contributed by atoms with van der Waals surface area (Å²) in [6.07, 6.45) is -0.0117. The summed E-state index contributed by atoms with van der Waals surface area (Å²) in [6, 6.07) is 11.5. The van der Waals surface area contributed by atoms with Crippen LogP contribution in [0.25, 0.3) is 0 Å². The molecule has 0 spiro atoms. The standard InChI is InChI=1S/C21H24N2O6/c1-13-4-6-14(7-5-13)16(11-20(25)28-3)23-21(26)15-8-9-17(18(10-15)27-2)29-12-19(22)24/h4-10,16H,11-12H2,1-3H3,(H2,22,24)(H,23,26)/t16-/m1/s1. The minimum Gasteiger partial charge on any atom is -0.493 e. The van der Waals surface area contributed by atoms with Crippen LogP contribution in [0.15, 0.2) is 42.5 Å². The van der Waals surface area contributed by atoms with E-state index in [-0.39, 0.29) is 24.5 Å². The Labute approximate surface area is 168 Å². The van der Waals surface area contributed by atoms with Gasteiger partial charge in [-0.25, -0.2) is 0 Å². The van der Waals surface area contributed by atoms with Crippen molar-refractivity contribution in [3.05, 3.63) is 59.2 Å². The molecule has 3 N–H and O–H groups in total. The number of nitrogens with two attached hydrogens (primary N) is 1. The summed E-state index contributed by atoms with van der Waals surface area (Å²) in [5.41, 5.74) is 7.22. The molecule has 2 aromatic rings. The van der Waals surface area contributed by atoms with E-state index >= 15 is 0 Å². The van der Waals surface area contributed by atoms with Gasteiger partial charge in [-0.15, -0.1) is 0 Å². The molecular weight excluding hydrogens is 376 g/mol. The Morgan fingerprint density at radius 3 is 2.31 bits per heavy atom. The quantitative estimate of drug-likeness (QED) is 0.621. The van der Waals surface area contributed by atoms with E-state index in [2.05, 4.69) is 5.32 Å². The van der Waals surface area contributed by atoms with Gasteiger partial charge in [-0.2, -0.15) is 0 Å². The van der Waals surface area contributed by atoms with Crippen molar-refractivity contribution in [2.75, 3.05) is 20.8 Å². The Balaban J connectivity index is 2.22. The third kappa shape index (κ3) is 6.24. The highest BCUT2D eigenvalue weighted by atomic mass is 16.5. The van der Waals surface area contributed by atoms with Crippen molar-refractivity contribution in [2.45, 2.75) is 19.4 Å². The number of primary amides is 1. The average molecular weight is 400 g/mol. The largest absolute Gasteiger partial charge is 0.493 e. The van der Waals surface area contributed by atoms with E-state index in [1.807, 2.05) is 31.2 Å². The molecule has 0 radical (unpaired) electrons. The highest BCUT2D eigenvalue weighted by Crippen LogP contribution is 2.28. The normalized spacial score (nSPS) is 11.3. The fourth-order valence-corrected chi connectivity index (χ4v) is 2.62. The molecule has 0 saturated carbocycles. The lowest BCUT2D eigenvalue weighted by atomic mass is 10.0. The molecule has 1 atom stereocenters. The number of rotatable bonds is 9. The van der Waals surface area contributed by atoms with Crippen LogP contribution in [0.5, 0.6) is 11.5 Å². The zero-order chi connectivity index (χ0) is 21.4. The van der Waals surface area contributed by atoms with Crippen LogP contribution in [0.1, 0.15) is 33.9 Å². The third-order valence-corrected chi connectivity index (χ3v) is 4.18. The first kappa shape index (κ1) is 21.7. The number of hydrogen-bond donors (Lipinski definition) is 2. The average Bonchev–Trinajstić information content (AvgIpc) is 2.71. The maximum Gasteiger partial charge on any atom is 0.307 e. The van der Waals surface area contributed by atoms with Gasteiger partial charge in [0.15, 0.2) is 18.1 Å². The molecule has 8 nitrogen and oxygen atoms in total. The Morgan fingerprint density at radius 2 is 1.72 bits per heavy atom. The van der Waals surface area contributed by atoms with Gasteiger partial charge in [-0.1, -0.05) is 29.8 Å². The van der Waals surface area contributed by atoms with Crippen LogP contribution in [0, 0.1) is 6.92 Å². The molecule has 0 saturated heterocycles. The number of methoxy groups -OCH3 is 2. The SMILES string of the molecule is COC(=O)C[C@@H](NC(=O)c1ccc(OCC(N)=O)c(OC)c1)c1ccc(C)cc1. The molecule has 2 amide bonds. The number of amides is 2. The molecule has 0 aliphatic rings. The van der Waals surface area contributed by atoms with Gasteiger partial charge in [-0.05, 0) is 30.7 Å². The van der Waals surface area contributed by atoms with E-state index in [0.29, 0.717) is 5.56 Å². The van der Waals surface area contributed by atoms with Crippen LogP contribution in [0.2, 0.25) is 0 Å². The van der Waals surface area contributed by atoms with E-state index in [9.17, 15) is 14.4 Å². The van der Waals surface area contributed by atoms with E-state index in [1.54, 1.807) is 0 Å². The van der Waals surface area contributed by atoms with Gasteiger partial charge < -0.3 is 25.3 Å². The summed E-state index contributed by atoms with van der Waals surface area (Å²) in [6.45, 7) is 1.64. The van der Waals surface area contributed by atoms with Gasteiger partial charge in [0.2, 0.25) is 0 Å². The van der Waals surface area contributed by atoms with E-state index < -0.39 is 23.8 Å². The molecule has 0 fully saturated rings. The van der Waals surface area contributed by atoms with Crippen molar-refractivity contribution in [2.24, 2.45) is 5.73 Å². The van der Waals surface area contributed by atoms with Crippen LogP contribution < -0.4 is 20.5 Å². The van der Waals surface area contributed by atoms with E-state index in [1.165, 1.54) is 32.4 Å². The van der Waals surface area contributed by atoms with Crippen molar-refractivity contribution in [1.29, 1.82) is 0 Å². The third-order valence-electron chi connectivity index (χ3n) is 4.18. The van der Waals surface area contributed by atoms with Crippen LogP contribution in [-0.4, -0.2) is 38.6 Å². The first-order valence-electron chi connectivity index (χ1n) is 8.87. The Hall–Kier alpha value is -3.55. The number of carbonyl (C=O) groups excluding carboxylic acids is 3. The molecule has 0 bridgehead atoms. The topological polar surface area (TPSA) is 117 Å². The van der Waals surface area contributed by atoms with E-state index in [0.717, 1.165) is 11.1 Å². The molecule has 2 aromatic carbocycles. The number of ether oxygens (including phenoxy) is 3. The summed E-state index contributed by atoms with van der Waals surface area (Å²) in [5.74, 6) is -0.910. The number of hydrogen-bond acceptors (Lipinski definition) is 6. The number of nitrogens with one attached hydrogen (secondary N) is 1. The molecular formula is C21H24N2O6. The zero-order valence-electron chi connectivity index (χ0n) is 16.6. The predicted octanol–water partition coefficient (Wildman–Crippen LogP) is 1.90. The minimum absolute atomic E-state index is 0.0117. The summed E-state index contributed by atoms with van der Waals surface area (Å²) in [7, 11) is 2.71. The first-order chi connectivity index (χ1) is 13.8. The first-order valence-corrected chi connectivity index (χ1v) is 8.87. The molecule has 0 aromatic heterocycles. The molecule has 0 heterocycles. The van der Waals surface area contributed by atoms with Crippen LogP contribution in [0.4, 0.5) is 0 Å². The molecule has 8 heteroatoms. The number of carbonyl (C=O) groups is 3. The number of aryl methyl sites for hydroxylation is 1. The zero-order valence-corrected chi connectivity index (χ0v) is 16.6. The van der Waals surface area contributed by atoms with E-state index in [4.69, 9.17) is 19.9 Å². The lowest BCUT2D eigenvalue weighted by Crippen LogP contribution is -2.30. The van der Waals surface area contributed by atoms with Gasteiger partial charge in [0.25, 0.3) is 11.8 Å². The van der Waals surface area contributed by atoms with Crippen molar-refractivity contribution in [1.82, 2.24) is 5.32 Å². The smallest absolute Gasteiger partial charge is 0.307 e. The lowest BCUT2D eigenvalue weighted by Gasteiger charge is -2.19. The fraction of sp³-hybridized carbons (Fsp3) is 0.286. The van der Waals surface area contributed by atoms with Gasteiger partial charge >= 0.3 is 5.97 Å². The maximum atomic E-state index is 12.8. The van der Waals surface area contributed by atoms with Crippen LogP contribution in [0.3, 0.4) is 0 Å². The highest BCUT2D eigenvalue weighted by Gasteiger charge is 2.21. The van der Waals surface area contributed by atoms with Gasteiger partial charge in [0.1, 0.15) is 0 Å². The number of esters is 1. The fourth-order valence-electron chi connectivity index (χ4n) is 2.62. The van der Waals surface area contributed by atoms with Gasteiger partial charge in [-0.3, -0.25) is 14.4 Å². The number of benzene rings is 2. The van der Waals surface area contributed by atoms with Crippen molar-refractivity contribution in [3.63, 3.8) is 0 Å². The molecule has 0 unspecified atom stereocenters. The Bertz CT molecular complexity index is 879. The highest BCUT2D eigenvalue weighted by molar-refractivity contribution is 5.95. The summed E-state index contributed by atoms with van der Waals surface area (Å²) in [5, 5.41) is 2.85. The van der Waals surface area contributed by atoms with Crippen LogP contribution in [-0.2, 0) is 14.3 Å². The van der Waals surface area contributed by atoms with Crippen molar-refractivity contribution < 1.29 is 28.6 Å². The molecule has 29 heavy (non-hydrogen) atoms. The predicted molar refractivity (Wildman–Crippen MR) is 106 cm³/mol. The summed E-state index contributed by atoms with van der Waals surface area (Å²) < 4.78 is 15.2. The molecule has 2 rings (SSSR count). The summed E-state index contributed by atoms with van der Waals surface area (Å²) in [4.78, 5) is 35.5. The monoisotopic (exact) mass is 400 g/mol.